The van der Waals surface area contributed by atoms with Crippen molar-refractivity contribution in [3.8, 4) is 0 Å². The molecular weight excluding hydrogens is 230 g/mol. The molecule has 2 heterocycles. The summed E-state index contributed by atoms with van der Waals surface area (Å²) >= 11 is 0. The lowest BCUT2D eigenvalue weighted by Crippen LogP contribution is -2.22. The van der Waals surface area contributed by atoms with Gasteiger partial charge in [0, 0.05) is 18.3 Å². The highest BCUT2D eigenvalue weighted by atomic mass is 16.3. The van der Waals surface area contributed by atoms with Crippen molar-refractivity contribution in [3.05, 3.63) is 52.3 Å². The van der Waals surface area contributed by atoms with E-state index in [0.717, 1.165) is 11.5 Å². The van der Waals surface area contributed by atoms with Crippen LogP contribution in [0.2, 0.25) is 0 Å². The van der Waals surface area contributed by atoms with Gasteiger partial charge in [-0.3, -0.25) is 4.79 Å². The van der Waals surface area contributed by atoms with Gasteiger partial charge in [-0.2, -0.15) is 5.10 Å². The molecule has 0 bridgehead atoms. The second-order valence-corrected chi connectivity index (χ2v) is 4.42. The average Bonchev–Trinajstić information content (AvgIpc) is 2.77. The van der Waals surface area contributed by atoms with Crippen LogP contribution in [0, 0.1) is 0 Å². The van der Waals surface area contributed by atoms with Gasteiger partial charge in [0.1, 0.15) is 18.1 Å². The van der Waals surface area contributed by atoms with Gasteiger partial charge in [0.05, 0.1) is 6.54 Å². The van der Waals surface area contributed by atoms with Crippen molar-refractivity contribution < 1.29 is 4.42 Å². The predicted molar refractivity (Wildman–Crippen MR) is 68.3 cm³/mol. The van der Waals surface area contributed by atoms with Crippen LogP contribution in [0.25, 0.3) is 0 Å². The zero-order chi connectivity index (χ0) is 13.0. The van der Waals surface area contributed by atoms with E-state index in [1.807, 2.05) is 12.1 Å². The van der Waals surface area contributed by atoms with Crippen molar-refractivity contribution in [2.45, 2.75) is 33.0 Å². The minimum Gasteiger partial charge on any atom is -0.463 e. The van der Waals surface area contributed by atoms with E-state index in [-0.39, 0.29) is 5.56 Å². The van der Waals surface area contributed by atoms with Crippen molar-refractivity contribution in [2.24, 2.45) is 0 Å². The molecule has 0 aliphatic carbocycles. The number of nitrogens with one attached hydrogen (secondary N) is 1. The van der Waals surface area contributed by atoms with Crippen molar-refractivity contribution in [1.82, 2.24) is 15.1 Å². The smallest absolute Gasteiger partial charge is 0.267 e. The number of hydrogen-bond acceptors (Lipinski definition) is 4. The molecule has 0 fully saturated rings. The normalized spacial score (nSPS) is 11.1. The molecule has 0 amide bonds. The van der Waals surface area contributed by atoms with E-state index in [1.165, 1.54) is 10.7 Å². The van der Waals surface area contributed by atoms with E-state index in [4.69, 9.17) is 4.42 Å². The molecule has 0 aliphatic heterocycles. The molecule has 96 valence electrons. The second-order valence-electron chi connectivity index (χ2n) is 4.42. The first kappa shape index (κ1) is 12.6. The molecule has 2 rings (SSSR count). The third kappa shape index (κ3) is 3.30. The lowest BCUT2D eigenvalue weighted by atomic mass is 10.3. The number of nitrogens with zero attached hydrogens (tertiary/aromatic N) is 2. The number of hydrogen-bond donors (Lipinski definition) is 1. The lowest BCUT2D eigenvalue weighted by Gasteiger charge is -2.05. The summed E-state index contributed by atoms with van der Waals surface area (Å²) in [6, 6.07) is 7.31. The summed E-state index contributed by atoms with van der Waals surface area (Å²) in [6.07, 6.45) is 1.59. The molecule has 0 unspecified atom stereocenters. The maximum absolute atomic E-state index is 11.5. The Kier molecular flexibility index (Phi) is 3.94. The van der Waals surface area contributed by atoms with Crippen LogP contribution in [0.4, 0.5) is 0 Å². The molecule has 5 heteroatoms. The Hall–Kier alpha value is -1.88. The van der Waals surface area contributed by atoms with Crippen molar-refractivity contribution in [1.29, 1.82) is 0 Å². The van der Waals surface area contributed by atoms with Gasteiger partial charge < -0.3 is 9.73 Å². The fourth-order valence-corrected chi connectivity index (χ4v) is 1.56. The molecule has 18 heavy (non-hydrogen) atoms. The van der Waals surface area contributed by atoms with Gasteiger partial charge in [0.15, 0.2) is 0 Å². The average molecular weight is 247 g/mol. The summed E-state index contributed by atoms with van der Waals surface area (Å²) in [5.74, 6) is 1.60. The van der Waals surface area contributed by atoms with Crippen LogP contribution in [0.3, 0.4) is 0 Å². The zero-order valence-electron chi connectivity index (χ0n) is 10.6. The van der Waals surface area contributed by atoms with Crippen LogP contribution < -0.4 is 10.9 Å². The lowest BCUT2D eigenvalue weighted by molar-refractivity contribution is 0.417. The summed E-state index contributed by atoms with van der Waals surface area (Å²) in [5, 5.41) is 7.26. The minimum atomic E-state index is -0.129. The first-order valence-corrected chi connectivity index (χ1v) is 5.98. The Morgan fingerprint density at radius 3 is 2.83 bits per heavy atom. The molecular formula is C13H17N3O2. The van der Waals surface area contributed by atoms with E-state index in [1.54, 1.807) is 12.3 Å². The summed E-state index contributed by atoms with van der Waals surface area (Å²) in [6.45, 7) is 5.21. The van der Waals surface area contributed by atoms with Gasteiger partial charge in [-0.25, -0.2) is 4.68 Å². The Balaban J connectivity index is 2.03. The van der Waals surface area contributed by atoms with E-state index < -0.39 is 0 Å². The van der Waals surface area contributed by atoms with E-state index in [2.05, 4.69) is 24.3 Å². The SMILES string of the molecule is CC(C)NCc1ccc(Cn2ncccc2=O)o1. The molecule has 2 aromatic heterocycles. The van der Waals surface area contributed by atoms with E-state index in [9.17, 15) is 4.79 Å². The monoisotopic (exact) mass is 247 g/mol. The first-order chi connectivity index (χ1) is 8.65. The Morgan fingerprint density at radius 1 is 1.33 bits per heavy atom. The van der Waals surface area contributed by atoms with Gasteiger partial charge in [0.25, 0.3) is 5.56 Å². The molecule has 1 N–H and O–H groups in total. The molecule has 0 spiro atoms. The van der Waals surface area contributed by atoms with Crippen LogP contribution in [0.15, 0.2) is 39.7 Å². The van der Waals surface area contributed by atoms with Gasteiger partial charge >= 0.3 is 0 Å². The van der Waals surface area contributed by atoms with Crippen LogP contribution >= 0.6 is 0 Å². The highest BCUT2D eigenvalue weighted by Crippen LogP contribution is 2.08. The molecule has 0 aliphatic rings. The second kappa shape index (κ2) is 5.64. The van der Waals surface area contributed by atoms with Crippen LogP contribution in [-0.4, -0.2) is 15.8 Å². The molecule has 2 aromatic rings. The molecule has 0 radical (unpaired) electrons. The predicted octanol–water partition coefficient (Wildman–Crippen LogP) is 1.38. The van der Waals surface area contributed by atoms with E-state index in [0.29, 0.717) is 19.1 Å². The highest BCUT2D eigenvalue weighted by Gasteiger charge is 2.05. The Morgan fingerprint density at radius 2 is 2.11 bits per heavy atom. The van der Waals surface area contributed by atoms with E-state index >= 15 is 0 Å². The fraction of sp³-hybridized carbons (Fsp3) is 0.385. The Labute approximate surface area is 105 Å². The van der Waals surface area contributed by atoms with Crippen molar-refractivity contribution >= 4 is 0 Å². The molecule has 0 saturated heterocycles. The molecule has 0 atom stereocenters. The van der Waals surface area contributed by atoms with Crippen LogP contribution in [0.5, 0.6) is 0 Å². The zero-order valence-corrected chi connectivity index (χ0v) is 10.6. The minimum absolute atomic E-state index is 0.129. The number of furan rings is 1. The fourth-order valence-electron chi connectivity index (χ4n) is 1.56. The maximum Gasteiger partial charge on any atom is 0.267 e. The Bertz CT molecular complexity index is 557. The molecule has 0 saturated carbocycles. The largest absolute Gasteiger partial charge is 0.463 e. The molecule has 0 aromatic carbocycles. The quantitative estimate of drug-likeness (QED) is 0.867. The summed E-state index contributed by atoms with van der Waals surface area (Å²) in [4.78, 5) is 11.5. The summed E-state index contributed by atoms with van der Waals surface area (Å²) in [7, 11) is 0. The van der Waals surface area contributed by atoms with Crippen LogP contribution in [0.1, 0.15) is 25.4 Å². The van der Waals surface area contributed by atoms with Crippen molar-refractivity contribution in [2.75, 3.05) is 0 Å². The summed E-state index contributed by atoms with van der Waals surface area (Å²) in [5.41, 5.74) is -0.129. The first-order valence-electron chi connectivity index (χ1n) is 5.98. The van der Waals surface area contributed by atoms with Crippen LogP contribution in [-0.2, 0) is 13.1 Å². The highest BCUT2D eigenvalue weighted by molar-refractivity contribution is 5.07. The standard InChI is InChI=1S/C13H17N3O2/c1-10(2)14-8-11-5-6-12(18-11)9-16-13(17)4-3-7-15-16/h3-7,10,14H,8-9H2,1-2H3. The maximum atomic E-state index is 11.5. The third-order valence-electron chi connectivity index (χ3n) is 2.49. The van der Waals surface area contributed by atoms with Crippen molar-refractivity contribution in [3.63, 3.8) is 0 Å². The third-order valence-corrected chi connectivity index (χ3v) is 2.49. The summed E-state index contributed by atoms with van der Waals surface area (Å²) < 4.78 is 7.00. The molecule has 5 nitrogen and oxygen atoms in total. The number of rotatable bonds is 5. The van der Waals surface area contributed by atoms with Gasteiger partial charge in [-0.15, -0.1) is 0 Å². The number of aromatic nitrogens is 2. The topological polar surface area (TPSA) is 60.1 Å². The van der Waals surface area contributed by atoms with Gasteiger partial charge in [0.2, 0.25) is 0 Å². The van der Waals surface area contributed by atoms with Gasteiger partial charge in [-0.1, -0.05) is 13.8 Å². The van der Waals surface area contributed by atoms with Gasteiger partial charge in [-0.05, 0) is 18.2 Å².